The number of aromatic nitrogens is 1. The summed E-state index contributed by atoms with van der Waals surface area (Å²) in [5.41, 5.74) is 2.91. The van der Waals surface area contributed by atoms with E-state index in [4.69, 9.17) is 0 Å². The largest absolute Gasteiger partial charge is 0.331 e. The standard InChI is InChI=1S/C16H15N3OS/c1-11-6-8-12(9-7-11)18-16(20)17-10-15-19-13-4-2-3-5-14(13)21-15/h2-9H,10H2,1H3,(H2,17,18,20). The van der Waals surface area contributed by atoms with Crippen LogP contribution in [-0.2, 0) is 6.54 Å². The number of carbonyl (C=O) groups is 1. The number of hydrogen-bond acceptors (Lipinski definition) is 3. The average Bonchev–Trinajstić information content (AvgIpc) is 2.90. The van der Waals surface area contributed by atoms with Crippen LogP contribution in [-0.4, -0.2) is 11.0 Å². The van der Waals surface area contributed by atoms with Gasteiger partial charge in [0.2, 0.25) is 0 Å². The smallest absolute Gasteiger partial charge is 0.319 e. The maximum Gasteiger partial charge on any atom is 0.319 e. The molecule has 3 rings (SSSR count). The fourth-order valence-corrected chi connectivity index (χ4v) is 2.87. The molecule has 106 valence electrons. The summed E-state index contributed by atoms with van der Waals surface area (Å²) in [4.78, 5) is 16.3. The number of para-hydroxylation sites is 1. The van der Waals surface area contributed by atoms with Crippen molar-refractivity contribution in [2.75, 3.05) is 5.32 Å². The molecule has 0 aliphatic heterocycles. The zero-order valence-corrected chi connectivity index (χ0v) is 12.4. The summed E-state index contributed by atoms with van der Waals surface area (Å²) in [6.07, 6.45) is 0. The Kier molecular flexibility index (Phi) is 3.83. The van der Waals surface area contributed by atoms with Crippen LogP contribution in [0.4, 0.5) is 10.5 Å². The van der Waals surface area contributed by atoms with Crippen LogP contribution in [0.2, 0.25) is 0 Å². The molecule has 0 fully saturated rings. The Bertz CT molecular complexity index is 732. The highest BCUT2D eigenvalue weighted by Gasteiger charge is 2.05. The molecule has 0 aliphatic carbocycles. The Balaban J connectivity index is 1.59. The third-order valence-electron chi connectivity index (χ3n) is 3.05. The van der Waals surface area contributed by atoms with Crippen molar-refractivity contribution in [3.8, 4) is 0 Å². The van der Waals surface area contributed by atoms with Gasteiger partial charge in [-0.15, -0.1) is 11.3 Å². The Morgan fingerprint density at radius 2 is 1.90 bits per heavy atom. The zero-order valence-electron chi connectivity index (χ0n) is 11.6. The lowest BCUT2D eigenvalue weighted by molar-refractivity contribution is 0.251. The van der Waals surface area contributed by atoms with E-state index < -0.39 is 0 Å². The summed E-state index contributed by atoms with van der Waals surface area (Å²) in [5.74, 6) is 0. The lowest BCUT2D eigenvalue weighted by atomic mass is 10.2. The van der Waals surface area contributed by atoms with Gasteiger partial charge in [-0.1, -0.05) is 29.8 Å². The molecule has 0 radical (unpaired) electrons. The second-order valence-corrected chi connectivity index (χ2v) is 5.86. The Labute approximate surface area is 126 Å². The number of benzene rings is 2. The number of aryl methyl sites for hydroxylation is 1. The normalized spacial score (nSPS) is 10.5. The quantitative estimate of drug-likeness (QED) is 0.769. The van der Waals surface area contributed by atoms with Crippen LogP contribution in [0.25, 0.3) is 10.2 Å². The second-order valence-electron chi connectivity index (χ2n) is 4.75. The van der Waals surface area contributed by atoms with Crippen LogP contribution in [0.3, 0.4) is 0 Å². The van der Waals surface area contributed by atoms with Gasteiger partial charge in [0.25, 0.3) is 0 Å². The molecule has 1 heterocycles. The van der Waals surface area contributed by atoms with E-state index in [1.165, 1.54) is 0 Å². The van der Waals surface area contributed by atoms with Gasteiger partial charge in [-0.05, 0) is 31.2 Å². The van der Waals surface area contributed by atoms with Crippen molar-refractivity contribution in [2.24, 2.45) is 0 Å². The third-order valence-corrected chi connectivity index (χ3v) is 4.08. The highest BCUT2D eigenvalue weighted by atomic mass is 32.1. The van der Waals surface area contributed by atoms with E-state index in [2.05, 4.69) is 15.6 Å². The topological polar surface area (TPSA) is 54.0 Å². The first kappa shape index (κ1) is 13.6. The molecular weight excluding hydrogens is 282 g/mol. The third kappa shape index (κ3) is 3.38. The van der Waals surface area contributed by atoms with Crippen LogP contribution in [0.1, 0.15) is 10.6 Å². The van der Waals surface area contributed by atoms with Gasteiger partial charge in [-0.2, -0.15) is 0 Å². The Morgan fingerprint density at radius 1 is 1.14 bits per heavy atom. The summed E-state index contributed by atoms with van der Waals surface area (Å²) in [6, 6.07) is 15.4. The number of anilines is 1. The summed E-state index contributed by atoms with van der Waals surface area (Å²) < 4.78 is 1.13. The molecule has 0 saturated carbocycles. The van der Waals surface area contributed by atoms with Crippen molar-refractivity contribution >= 4 is 33.3 Å². The van der Waals surface area contributed by atoms with Crippen LogP contribution in [0.15, 0.2) is 48.5 Å². The zero-order chi connectivity index (χ0) is 14.7. The number of hydrogen-bond donors (Lipinski definition) is 2. The number of carbonyl (C=O) groups excluding carboxylic acids is 1. The van der Waals surface area contributed by atoms with Crippen molar-refractivity contribution in [3.05, 3.63) is 59.1 Å². The molecule has 5 heteroatoms. The summed E-state index contributed by atoms with van der Waals surface area (Å²) in [5, 5.41) is 6.52. The summed E-state index contributed by atoms with van der Waals surface area (Å²) >= 11 is 1.59. The van der Waals surface area contributed by atoms with Gasteiger partial charge in [0, 0.05) is 5.69 Å². The van der Waals surface area contributed by atoms with E-state index in [-0.39, 0.29) is 6.03 Å². The molecule has 1 aromatic heterocycles. The van der Waals surface area contributed by atoms with Gasteiger partial charge >= 0.3 is 6.03 Å². The molecule has 4 nitrogen and oxygen atoms in total. The van der Waals surface area contributed by atoms with Gasteiger partial charge in [0.1, 0.15) is 5.01 Å². The highest BCUT2D eigenvalue weighted by Crippen LogP contribution is 2.21. The van der Waals surface area contributed by atoms with E-state index in [1.54, 1.807) is 11.3 Å². The van der Waals surface area contributed by atoms with Crippen molar-refractivity contribution < 1.29 is 4.79 Å². The maximum atomic E-state index is 11.8. The molecular formula is C16H15N3OS. The van der Waals surface area contributed by atoms with Crippen molar-refractivity contribution in [1.29, 1.82) is 0 Å². The fourth-order valence-electron chi connectivity index (χ4n) is 1.96. The van der Waals surface area contributed by atoms with E-state index in [0.29, 0.717) is 6.54 Å². The maximum absolute atomic E-state index is 11.8. The second kappa shape index (κ2) is 5.93. The molecule has 0 aliphatic rings. The molecule has 0 unspecified atom stereocenters. The summed E-state index contributed by atoms with van der Waals surface area (Å²) in [7, 11) is 0. The molecule has 0 atom stereocenters. The number of nitrogens with one attached hydrogen (secondary N) is 2. The molecule has 2 amide bonds. The minimum atomic E-state index is -0.224. The van der Waals surface area contributed by atoms with Crippen LogP contribution in [0, 0.1) is 6.92 Å². The lowest BCUT2D eigenvalue weighted by Gasteiger charge is -2.06. The van der Waals surface area contributed by atoms with Crippen LogP contribution in [0.5, 0.6) is 0 Å². The van der Waals surface area contributed by atoms with Gasteiger partial charge in [0.15, 0.2) is 0 Å². The molecule has 2 aromatic carbocycles. The number of nitrogens with zero attached hydrogens (tertiary/aromatic N) is 1. The number of urea groups is 1. The molecule has 2 N–H and O–H groups in total. The van der Waals surface area contributed by atoms with Gasteiger partial charge in [0.05, 0.1) is 16.8 Å². The molecule has 0 saturated heterocycles. The van der Waals surface area contributed by atoms with Gasteiger partial charge in [-0.3, -0.25) is 0 Å². The van der Waals surface area contributed by atoms with E-state index in [9.17, 15) is 4.79 Å². The monoisotopic (exact) mass is 297 g/mol. The first-order chi connectivity index (χ1) is 10.2. The molecule has 3 aromatic rings. The Hall–Kier alpha value is -2.40. The van der Waals surface area contributed by atoms with Crippen molar-refractivity contribution in [2.45, 2.75) is 13.5 Å². The average molecular weight is 297 g/mol. The minimum absolute atomic E-state index is 0.224. The number of thiazole rings is 1. The first-order valence-electron chi connectivity index (χ1n) is 6.67. The predicted octanol–water partition coefficient (Wildman–Crippen LogP) is 3.93. The molecule has 0 bridgehead atoms. The van der Waals surface area contributed by atoms with Crippen LogP contribution >= 0.6 is 11.3 Å². The Morgan fingerprint density at radius 3 is 2.67 bits per heavy atom. The number of rotatable bonds is 3. The molecule has 0 spiro atoms. The van der Waals surface area contributed by atoms with Gasteiger partial charge < -0.3 is 10.6 Å². The first-order valence-corrected chi connectivity index (χ1v) is 7.48. The van der Waals surface area contributed by atoms with Crippen molar-refractivity contribution in [3.63, 3.8) is 0 Å². The highest BCUT2D eigenvalue weighted by molar-refractivity contribution is 7.18. The lowest BCUT2D eigenvalue weighted by Crippen LogP contribution is -2.28. The SMILES string of the molecule is Cc1ccc(NC(=O)NCc2nc3ccccc3s2)cc1. The fraction of sp³-hybridized carbons (Fsp3) is 0.125. The minimum Gasteiger partial charge on any atom is -0.331 e. The van der Waals surface area contributed by atoms with Crippen LogP contribution < -0.4 is 10.6 Å². The van der Waals surface area contributed by atoms with Gasteiger partial charge in [-0.25, -0.2) is 9.78 Å². The molecule has 21 heavy (non-hydrogen) atoms. The van der Waals surface area contributed by atoms with E-state index >= 15 is 0 Å². The number of amides is 2. The summed E-state index contributed by atoms with van der Waals surface area (Å²) in [6.45, 7) is 2.44. The van der Waals surface area contributed by atoms with Crippen molar-refractivity contribution in [1.82, 2.24) is 10.3 Å². The predicted molar refractivity (Wildman–Crippen MR) is 86.7 cm³/mol. The number of fused-ring (bicyclic) bond motifs is 1. The van der Waals surface area contributed by atoms with E-state index in [1.807, 2.05) is 55.5 Å². The van der Waals surface area contributed by atoms with E-state index in [0.717, 1.165) is 26.5 Å².